The molecule has 0 aliphatic rings. The van der Waals surface area contributed by atoms with Gasteiger partial charge in [0, 0.05) is 45.0 Å². The molecule has 1 atom stereocenters. The Morgan fingerprint density at radius 2 is 2.00 bits per heavy atom. The first kappa shape index (κ1) is 16.8. The summed E-state index contributed by atoms with van der Waals surface area (Å²) in [5.74, 6) is 0.926. The number of benzene rings is 1. The number of ether oxygens (including phenoxy) is 2. The van der Waals surface area contributed by atoms with Crippen LogP contribution in [0.15, 0.2) is 24.3 Å². The zero-order chi connectivity index (χ0) is 14.8. The average molecular weight is 280 g/mol. The lowest BCUT2D eigenvalue weighted by molar-refractivity contribution is 0.184. The number of methoxy groups -OCH3 is 1. The van der Waals surface area contributed by atoms with Crippen molar-refractivity contribution in [3.8, 4) is 5.75 Å². The zero-order valence-corrected chi connectivity index (χ0v) is 13.2. The van der Waals surface area contributed by atoms with Crippen LogP contribution < -0.4 is 15.0 Å². The van der Waals surface area contributed by atoms with E-state index in [1.165, 1.54) is 5.69 Å². The molecule has 114 valence electrons. The smallest absolute Gasteiger partial charge is 0.121 e. The van der Waals surface area contributed by atoms with E-state index >= 15 is 0 Å². The van der Waals surface area contributed by atoms with Gasteiger partial charge in [-0.2, -0.15) is 0 Å². The fourth-order valence-corrected chi connectivity index (χ4v) is 2.10. The van der Waals surface area contributed by atoms with E-state index in [-0.39, 0.29) is 6.10 Å². The Kier molecular flexibility index (Phi) is 8.07. The quantitative estimate of drug-likeness (QED) is 0.668. The fraction of sp³-hybridized carbons (Fsp3) is 0.625. The average Bonchev–Trinajstić information content (AvgIpc) is 2.45. The van der Waals surface area contributed by atoms with Crippen LogP contribution in [0.2, 0.25) is 0 Å². The van der Waals surface area contributed by atoms with Gasteiger partial charge < -0.3 is 19.7 Å². The molecule has 0 spiro atoms. The Morgan fingerprint density at radius 3 is 2.65 bits per heavy atom. The first-order chi connectivity index (χ1) is 9.71. The molecule has 1 rings (SSSR count). The zero-order valence-electron chi connectivity index (χ0n) is 13.2. The third-order valence-corrected chi connectivity index (χ3v) is 3.20. The van der Waals surface area contributed by atoms with E-state index in [1.807, 2.05) is 12.1 Å². The van der Waals surface area contributed by atoms with Crippen molar-refractivity contribution in [2.45, 2.75) is 26.9 Å². The molecule has 1 aromatic carbocycles. The SMILES string of the molecule is CCN(CC)c1cccc(OC(C)CNCCOC)c1. The van der Waals surface area contributed by atoms with Gasteiger partial charge in [0.2, 0.25) is 0 Å². The van der Waals surface area contributed by atoms with Gasteiger partial charge in [0.1, 0.15) is 11.9 Å². The van der Waals surface area contributed by atoms with Gasteiger partial charge >= 0.3 is 0 Å². The summed E-state index contributed by atoms with van der Waals surface area (Å²) >= 11 is 0. The highest BCUT2D eigenvalue weighted by Gasteiger charge is 2.06. The second kappa shape index (κ2) is 9.61. The number of hydrogen-bond donors (Lipinski definition) is 1. The first-order valence-corrected chi connectivity index (χ1v) is 7.42. The van der Waals surface area contributed by atoms with Crippen molar-refractivity contribution in [1.82, 2.24) is 5.32 Å². The number of rotatable bonds is 10. The van der Waals surface area contributed by atoms with Gasteiger partial charge in [0.15, 0.2) is 0 Å². The molecule has 0 saturated carbocycles. The van der Waals surface area contributed by atoms with Gasteiger partial charge in [-0.15, -0.1) is 0 Å². The molecule has 0 aromatic heterocycles. The third kappa shape index (κ3) is 5.80. The van der Waals surface area contributed by atoms with E-state index in [4.69, 9.17) is 9.47 Å². The highest BCUT2D eigenvalue weighted by atomic mass is 16.5. The predicted molar refractivity (Wildman–Crippen MR) is 84.8 cm³/mol. The summed E-state index contributed by atoms with van der Waals surface area (Å²) in [5, 5.41) is 3.31. The van der Waals surface area contributed by atoms with Crippen molar-refractivity contribution >= 4 is 5.69 Å². The Hall–Kier alpha value is -1.26. The summed E-state index contributed by atoms with van der Waals surface area (Å²) in [6.07, 6.45) is 0.138. The van der Waals surface area contributed by atoms with E-state index in [0.29, 0.717) is 0 Å². The molecule has 4 nitrogen and oxygen atoms in total. The standard InChI is InChI=1S/C16H28N2O2/c1-5-18(6-2)15-8-7-9-16(12-15)20-14(3)13-17-10-11-19-4/h7-9,12,14,17H,5-6,10-11,13H2,1-4H3. The van der Waals surface area contributed by atoms with Gasteiger partial charge in [-0.1, -0.05) is 6.07 Å². The van der Waals surface area contributed by atoms with Crippen LogP contribution in [-0.4, -0.2) is 46.0 Å². The Labute approximate surface area is 123 Å². The molecule has 4 heteroatoms. The van der Waals surface area contributed by atoms with Crippen LogP contribution >= 0.6 is 0 Å². The van der Waals surface area contributed by atoms with Crippen molar-refractivity contribution in [1.29, 1.82) is 0 Å². The minimum Gasteiger partial charge on any atom is -0.489 e. The maximum absolute atomic E-state index is 5.94. The number of nitrogens with zero attached hydrogens (tertiary/aromatic N) is 1. The van der Waals surface area contributed by atoms with Crippen molar-refractivity contribution in [3.63, 3.8) is 0 Å². The molecule has 0 aliphatic carbocycles. The second-order valence-corrected chi connectivity index (χ2v) is 4.80. The summed E-state index contributed by atoms with van der Waals surface area (Å²) in [7, 11) is 1.71. The monoisotopic (exact) mass is 280 g/mol. The van der Waals surface area contributed by atoms with Crippen LogP contribution in [0.25, 0.3) is 0 Å². The molecule has 0 bridgehead atoms. The summed E-state index contributed by atoms with van der Waals surface area (Å²) in [6.45, 7) is 10.8. The minimum atomic E-state index is 0.138. The lowest BCUT2D eigenvalue weighted by Crippen LogP contribution is -2.31. The maximum atomic E-state index is 5.94. The van der Waals surface area contributed by atoms with Gasteiger partial charge in [0.05, 0.1) is 6.61 Å². The van der Waals surface area contributed by atoms with Crippen LogP contribution in [-0.2, 0) is 4.74 Å². The lowest BCUT2D eigenvalue weighted by Gasteiger charge is -2.22. The summed E-state index contributed by atoms with van der Waals surface area (Å²) < 4.78 is 10.9. The van der Waals surface area contributed by atoms with Gasteiger partial charge in [-0.3, -0.25) is 0 Å². The van der Waals surface area contributed by atoms with Crippen molar-refractivity contribution in [2.75, 3.05) is 44.8 Å². The number of anilines is 1. The van der Waals surface area contributed by atoms with Crippen LogP contribution in [0.3, 0.4) is 0 Å². The van der Waals surface area contributed by atoms with Gasteiger partial charge in [-0.05, 0) is 32.9 Å². The Bertz CT molecular complexity index is 367. The maximum Gasteiger partial charge on any atom is 0.121 e. The lowest BCUT2D eigenvalue weighted by atomic mass is 10.2. The van der Waals surface area contributed by atoms with E-state index in [0.717, 1.165) is 38.5 Å². The van der Waals surface area contributed by atoms with Crippen LogP contribution in [0.1, 0.15) is 20.8 Å². The van der Waals surface area contributed by atoms with Gasteiger partial charge in [0.25, 0.3) is 0 Å². The largest absolute Gasteiger partial charge is 0.489 e. The first-order valence-electron chi connectivity index (χ1n) is 7.42. The topological polar surface area (TPSA) is 33.7 Å². The number of nitrogens with one attached hydrogen (secondary N) is 1. The normalized spacial score (nSPS) is 12.2. The minimum absolute atomic E-state index is 0.138. The fourth-order valence-electron chi connectivity index (χ4n) is 2.10. The molecule has 20 heavy (non-hydrogen) atoms. The Balaban J connectivity index is 2.48. The molecule has 0 heterocycles. The molecular weight excluding hydrogens is 252 g/mol. The van der Waals surface area contributed by atoms with Crippen molar-refractivity contribution < 1.29 is 9.47 Å². The highest BCUT2D eigenvalue weighted by molar-refractivity contribution is 5.50. The van der Waals surface area contributed by atoms with E-state index in [2.05, 4.69) is 43.1 Å². The van der Waals surface area contributed by atoms with Crippen LogP contribution in [0.4, 0.5) is 5.69 Å². The molecule has 1 aromatic rings. The van der Waals surface area contributed by atoms with Crippen LogP contribution in [0, 0.1) is 0 Å². The molecule has 0 fully saturated rings. The predicted octanol–water partition coefficient (Wildman–Crippen LogP) is 2.54. The molecule has 0 aliphatic heterocycles. The summed E-state index contributed by atoms with van der Waals surface area (Å²) in [6, 6.07) is 8.30. The molecule has 1 unspecified atom stereocenters. The Morgan fingerprint density at radius 1 is 1.25 bits per heavy atom. The van der Waals surface area contributed by atoms with Crippen molar-refractivity contribution in [2.24, 2.45) is 0 Å². The number of hydrogen-bond acceptors (Lipinski definition) is 4. The van der Waals surface area contributed by atoms with Gasteiger partial charge in [-0.25, -0.2) is 0 Å². The molecular formula is C16H28N2O2. The van der Waals surface area contributed by atoms with Crippen molar-refractivity contribution in [3.05, 3.63) is 24.3 Å². The molecule has 1 N–H and O–H groups in total. The second-order valence-electron chi connectivity index (χ2n) is 4.80. The molecule has 0 saturated heterocycles. The molecule has 0 radical (unpaired) electrons. The van der Waals surface area contributed by atoms with Crippen LogP contribution in [0.5, 0.6) is 5.75 Å². The van der Waals surface area contributed by atoms with E-state index in [1.54, 1.807) is 7.11 Å². The molecule has 0 amide bonds. The van der Waals surface area contributed by atoms with E-state index < -0.39 is 0 Å². The third-order valence-electron chi connectivity index (χ3n) is 3.20. The summed E-state index contributed by atoms with van der Waals surface area (Å²) in [5.41, 5.74) is 1.21. The summed E-state index contributed by atoms with van der Waals surface area (Å²) in [4.78, 5) is 2.31. The van der Waals surface area contributed by atoms with E-state index in [9.17, 15) is 0 Å². The highest BCUT2D eigenvalue weighted by Crippen LogP contribution is 2.21.